The quantitative estimate of drug-likeness (QED) is 0.505. The Balaban J connectivity index is 2.47. The molecule has 0 aromatic carbocycles. The molecule has 0 aliphatic heterocycles. The van der Waals surface area contributed by atoms with Gasteiger partial charge >= 0.3 is 0 Å². The molecule has 3 heteroatoms. The van der Waals surface area contributed by atoms with Crippen LogP contribution < -0.4 is 0 Å². The predicted octanol–water partition coefficient (Wildman–Crippen LogP) is 1.74. The molecule has 0 bridgehead atoms. The zero-order chi connectivity index (χ0) is 8.81. The van der Waals surface area contributed by atoms with Gasteiger partial charge in [0.2, 0.25) is 0 Å². The van der Waals surface area contributed by atoms with Gasteiger partial charge in [-0.2, -0.15) is 0 Å². The van der Waals surface area contributed by atoms with Gasteiger partial charge in [-0.3, -0.25) is 4.99 Å². The molecule has 66 valence electrons. The van der Waals surface area contributed by atoms with Crippen molar-refractivity contribution in [2.45, 2.75) is 6.92 Å². The second-order valence-electron chi connectivity index (χ2n) is 2.44. The van der Waals surface area contributed by atoms with E-state index in [-0.39, 0.29) is 0 Å². The summed E-state index contributed by atoms with van der Waals surface area (Å²) >= 11 is 0. The van der Waals surface area contributed by atoms with Crippen LogP contribution in [0.1, 0.15) is 12.7 Å². The summed E-state index contributed by atoms with van der Waals surface area (Å²) in [6.45, 7) is 3.26. The van der Waals surface area contributed by atoms with E-state index in [1.165, 1.54) is 0 Å². The minimum absolute atomic E-state index is 0.651. The van der Waals surface area contributed by atoms with E-state index in [1.807, 2.05) is 19.1 Å². The van der Waals surface area contributed by atoms with Crippen LogP contribution in [0, 0.1) is 0 Å². The Labute approximate surface area is 72.1 Å². The maximum Gasteiger partial charge on any atom is 0.147 e. The smallest absolute Gasteiger partial charge is 0.147 e. The molecule has 1 aromatic rings. The summed E-state index contributed by atoms with van der Waals surface area (Å²) < 4.78 is 10.0. The van der Waals surface area contributed by atoms with Crippen LogP contribution in [0.4, 0.5) is 0 Å². The predicted molar refractivity (Wildman–Crippen MR) is 47.7 cm³/mol. The number of ether oxygens (including phenoxy) is 1. The number of nitrogens with zero attached hydrogens (tertiary/aromatic N) is 1. The Morgan fingerprint density at radius 1 is 1.67 bits per heavy atom. The summed E-state index contributed by atoms with van der Waals surface area (Å²) in [4.78, 5) is 4.25. The zero-order valence-corrected chi connectivity index (χ0v) is 7.41. The van der Waals surface area contributed by atoms with Gasteiger partial charge in [0.05, 0.1) is 25.1 Å². The van der Waals surface area contributed by atoms with Crippen LogP contribution in [0.3, 0.4) is 0 Å². The van der Waals surface area contributed by atoms with Crippen molar-refractivity contribution < 1.29 is 9.15 Å². The minimum atomic E-state index is 0.651. The van der Waals surface area contributed by atoms with Gasteiger partial charge in [-0.05, 0) is 19.1 Å². The summed E-state index contributed by atoms with van der Waals surface area (Å²) in [5, 5.41) is 0. The first-order chi connectivity index (χ1) is 5.84. The summed E-state index contributed by atoms with van der Waals surface area (Å²) in [6, 6.07) is 3.75. The first kappa shape index (κ1) is 9.00. The van der Waals surface area contributed by atoms with Crippen molar-refractivity contribution in [2.75, 3.05) is 20.3 Å². The monoisotopic (exact) mass is 167 g/mol. The van der Waals surface area contributed by atoms with Crippen LogP contribution in [-0.2, 0) is 4.74 Å². The van der Waals surface area contributed by atoms with Crippen LogP contribution >= 0.6 is 0 Å². The molecule has 3 nitrogen and oxygen atoms in total. The lowest BCUT2D eigenvalue weighted by Crippen LogP contribution is -1.98. The summed E-state index contributed by atoms with van der Waals surface area (Å²) in [5.74, 6) is 0.825. The van der Waals surface area contributed by atoms with Crippen LogP contribution in [0.25, 0.3) is 0 Å². The molecule has 0 N–H and O–H groups in total. The lowest BCUT2D eigenvalue weighted by atomic mass is 10.3. The summed E-state index contributed by atoms with van der Waals surface area (Å²) in [6.07, 6.45) is 1.64. The van der Waals surface area contributed by atoms with Gasteiger partial charge in [-0.1, -0.05) is 0 Å². The normalized spacial score (nSPS) is 12.0. The van der Waals surface area contributed by atoms with E-state index >= 15 is 0 Å². The van der Waals surface area contributed by atoms with Crippen molar-refractivity contribution in [3.8, 4) is 0 Å². The third-order valence-electron chi connectivity index (χ3n) is 1.52. The van der Waals surface area contributed by atoms with Crippen LogP contribution in [0.15, 0.2) is 27.8 Å². The molecule has 1 heterocycles. The molecule has 0 spiro atoms. The molecule has 1 rings (SSSR count). The zero-order valence-electron chi connectivity index (χ0n) is 7.41. The molecule has 1 aromatic heterocycles. The number of methoxy groups -OCH3 is 1. The van der Waals surface area contributed by atoms with Crippen LogP contribution in [0.5, 0.6) is 0 Å². The number of hydrogen-bond acceptors (Lipinski definition) is 3. The lowest BCUT2D eigenvalue weighted by Gasteiger charge is -1.95. The van der Waals surface area contributed by atoms with Crippen molar-refractivity contribution in [3.63, 3.8) is 0 Å². The van der Waals surface area contributed by atoms with E-state index in [2.05, 4.69) is 4.99 Å². The molecular weight excluding hydrogens is 154 g/mol. The third-order valence-corrected chi connectivity index (χ3v) is 1.52. The molecule has 0 radical (unpaired) electrons. The maximum absolute atomic E-state index is 5.15. The highest BCUT2D eigenvalue weighted by Gasteiger charge is 1.97. The molecule has 0 aliphatic carbocycles. The highest BCUT2D eigenvalue weighted by atomic mass is 16.5. The Morgan fingerprint density at radius 3 is 3.08 bits per heavy atom. The van der Waals surface area contributed by atoms with Crippen molar-refractivity contribution in [1.29, 1.82) is 0 Å². The number of hydrogen-bond donors (Lipinski definition) is 0. The molecule has 0 saturated heterocycles. The minimum Gasteiger partial charge on any atom is -0.463 e. The fourth-order valence-electron chi connectivity index (χ4n) is 0.867. The Morgan fingerprint density at radius 2 is 2.50 bits per heavy atom. The fraction of sp³-hybridized carbons (Fsp3) is 0.444. The standard InChI is InChI=1S/C9H13NO2/c1-8(10-5-7-11-2)9-4-3-6-12-9/h3-4,6H,5,7H2,1-2H3. The van der Waals surface area contributed by atoms with Crippen molar-refractivity contribution in [1.82, 2.24) is 0 Å². The third kappa shape index (κ3) is 2.51. The van der Waals surface area contributed by atoms with Gasteiger partial charge in [0, 0.05) is 7.11 Å². The van der Waals surface area contributed by atoms with E-state index < -0.39 is 0 Å². The number of furan rings is 1. The Kier molecular flexibility index (Phi) is 3.54. The summed E-state index contributed by atoms with van der Waals surface area (Å²) in [5.41, 5.74) is 0.914. The fourth-order valence-corrected chi connectivity index (χ4v) is 0.867. The molecule has 12 heavy (non-hydrogen) atoms. The highest BCUT2D eigenvalue weighted by Crippen LogP contribution is 2.01. The van der Waals surface area contributed by atoms with Gasteiger partial charge in [-0.25, -0.2) is 0 Å². The second-order valence-corrected chi connectivity index (χ2v) is 2.44. The van der Waals surface area contributed by atoms with E-state index in [0.29, 0.717) is 13.2 Å². The first-order valence-corrected chi connectivity index (χ1v) is 3.88. The van der Waals surface area contributed by atoms with E-state index in [1.54, 1.807) is 13.4 Å². The van der Waals surface area contributed by atoms with Crippen LogP contribution in [-0.4, -0.2) is 26.0 Å². The Bertz CT molecular complexity index is 239. The van der Waals surface area contributed by atoms with Gasteiger partial charge in [0.15, 0.2) is 0 Å². The highest BCUT2D eigenvalue weighted by molar-refractivity contribution is 5.96. The SMILES string of the molecule is COCCN=C(C)c1ccco1. The first-order valence-electron chi connectivity index (χ1n) is 3.88. The van der Waals surface area contributed by atoms with Gasteiger partial charge in [-0.15, -0.1) is 0 Å². The second kappa shape index (κ2) is 4.72. The number of rotatable bonds is 4. The van der Waals surface area contributed by atoms with E-state index in [0.717, 1.165) is 11.5 Å². The molecule has 0 saturated carbocycles. The molecular formula is C9H13NO2. The average Bonchev–Trinajstić information content (AvgIpc) is 2.56. The molecule has 0 aliphatic rings. The van der Waals surface area contributed by atoms with Crippen molar-refractivity contribution >= 4 is 5.71 Å². The molecule has 0 amide bonds. The van der Waals surface area contributed by atoms with Gasteiger partial charge in [0.25, 0.3) is 0 Å². The van der Waals surface area contributed by atoms with E-state index in [9.17, 15) is 0 Å². The molecule has 0 unspecified atom stereocenters. The van der Waals surface area contributed by atoms with Crippen LogP contribution in [0.2, 0.25) is 0 Å². The maximum atomic E-state index is 5.15. The van der Waals surface area contributed by atoms with Gasteiger partial charge < -0.3 is 9.15 Å². The van der Waals surface area contributed by atoms with Crippen molar-refractivity contribution in [3.05, 3.63) is 24.2 Å². The average molecular weight is 167 g/mol. The Hall–Kier alpha value is -1.09. The summed E-state index contributed by atoms with van der Waals surface area (Å²) in [7, 11) is 1.66. The van der Waals surface area contributed by atoms with E-state index in [4.69, 9.17) is 9.15 Å². The lowest BCUT2D eigenvalue weighted by molar-refractivity contribution is 0.208. The molecule has 0 fully saturated rings. The largest absolute Gasteiger partial charge is 0.463 e. The number of aliphatic imine (C=N–C) groups is 1. The van der Waals surface area contributed by atoms with Crippen molar-refractivity contribution in [2.24, 2.45) is 4.99 Å². The van der Waals surface area contributed by atoms with Gasteiger partial charge in [0.1, 0.15) is 5.76 Å². The topological polar surface area (TPSA) is 34.7 Å². The molecule has 0 atom stereocenters.